The second kappa shape index (κ2) is 7.43. The summed E-state index contributed by atoms with van der Waals surface area (Å²) < 4.78 is 44.1. The monoisotopic (exact) mass is 453 g/mol. The number of rotatable bonds is 3. The number of fused-ring (bicyclic) bond motifs is 1. The number of carboxylic acids is 1. The van der Waals surface area contributed by atoms with Crippen LogP contribution in [-0.2, 0) is 0 Å². The molecule has 1 aromatic carbocycles. The minimum Gasteiger partial charge on any atom is -0.477 e. The summed E-state index contributed by atoms with van der Waals surface area (Å²) in [5.41, 5.74) is 9.24. The van der Waals surface area contributed by atoms with Gasteiger partial charge in [-0.3, -0.25) is 9.36 Å². The van der Waals surface area contributed by atoms with Gasteiger partial charge in [0.25, 0.3) is 0 Å². The number of nitrogens with two attached hydrogens (primary N) is 2. The number of hydrogen-bond acceptors (Lipinski definition) is 6. The number of carbonyl (C=O) groups is 1. The Balaban J connectivity index is 2.14. The van der Waals surface area contributed by atoms with E-state index < -0.39 is 51.4 Å². The number of aromatic nitrogens is 2. The van der Waals surface area contributed by atoms with E-state index in [1.807, 2.05) is 0 Å². The standard InChI is InChI=1S/C19H15ClF3N5O3/c20-13-14-8(3-10(21)15(13)27-2-1-7(24)5-27)16(29)9(19(30)31)6-28(14)18-12(23)4-11(22)17(25)26-18/h3-4,6-7H,1-2,5,24H2,(H2,25,26)(H,30,31)/t7-/m0/s1. The molecule has 1 fully saturated rings. The summed E-state index contributed by atoms with van der Waals surface area (Å²) in [7, 11) is 0. The lowest BCUT2D eigenvalue weighted by Crippen LogP contribution is -2.27. The molecule has 0 bridgehead atoms. The van der Waals surface area contributed by atoms with Crippen molar-refractivity contribution in [1.82, 2.24) is 9.55 Å². The minimum absolute atomic E-state index is 0.0752. The third-order valence-corrected chi connectivity index (χ3v) is 5.45. The lowest BCUT2D eigenvalue weighted by Gasteiger charge is -2.23. The zero-order valence-corrected chi connectivity index (χ0v) is 16.5. The Kier molecular flexibility index (Phi) is 5.02. The van der Waals surface area contributed by atoms with Gasteiger partial charge in [0.1, 0.15) is 11.4 Å². The van der Waals surface area contributed by atoms with E-state index in [1.165, 1.54) is 0 Å². The van der Waals surface area contributed by atoms with Crippen molar-refractivity contribution < 1.29 is 23.1 Å². The van der Waals surface area contributed by atoms with Gasteiger partial charge in [-0.05, 0) is 12.5 Å². The van der Waals surface area contributed by atoms with E-state index in [9.17, 15) is 27.9 Å². The molecule has 3 heterocycles. The summed E-state index contributed by atoms with van der Waals surface area (Å²) in [5, 5.41) is 8.70. The Morgan fingerprint density at radius 1 is 1.23 bits per heavy atom. The number of aromatic carboxylic acids is 1. The second-order valence-electron chi connectivity index (χ2n) is 7.12. The van der Waals surface area contributed by atoms with Crippen LogP contribution in [0.25, 0.3) is 16.7 Å². The molecule has 31 heavy (non-hydrogen) atoms. The molecule has 1 aliphatic heterocycles. The normalized spacial score (nSPS) is 16.3. The van der Waals surface area contributed by atoms with Crippen molar-refractivity contribution in [1.29, 1.82) is 0 Å². The van der Waals surface area contributed by atoms with E-state index in [1.54, 1.807) is 4.90 Å². The molecule has 1 saturated heterocycles. The second-order valence-corrected chi connectivity index (χ2v) is 7.50. The molecule has 1 atom stereocenters. The number of nitrogens with zero attached hydrogens (tertiary/aromatic N) is 3. The van der Waals surface area contributed by atoms with E-state index in [-0.39, 0.29) is 28.8 Å². The maximum atomic E-state index is 15.0. The Morgan fingerprint density at radius 3 is 2.55 bits per heavy atom. The molecule has 1 aliphatic rings. The summed E-state index contributed by atoms with van der Waals surface area (Å²) in [6.07, 6.45) is 1.36. The van der Waals surface area contributed by atoms with Crippen LogP contribution in [0.1, 0.15) is 16.8 Å². The van der Waals surface area contributed by atoms with Crippen LogP contribution in [0, 0.1) is 17.5 Å². The van der Waals surface area contributed by atoms with Crippen LogP contribution in [0.5, 0.6) is 0 Å². The number of nitrogen functional groups attached to an aromatic ring is 1. The van der Waals surface area contributed by atoms with E-state index in [2.05, 4.69) is 4.98 Å². The molecule has 0 amide bonds. The highest BCUT2D eigenvalue weighted by atomic mass is 35.5. The molecule has 4 rings (SSSR count). The summed E-state index contributed by atoms with van der Waals surface area (Å²) in [6.45, 7) is 0.673. The molecule has 0 aliphatic carbocycles. The van der Waals surface area contributed by atoms with Gasteiger partial charge in [0, 0.05) is 31.4 Å². The molecule has 0 saturated carbocycles. The molecule has 8 nitrogen and oxygen atoms in total. The van der Waals surface area contributed by atoms with Gasteiger partial charge < -0.3 is 21.5 Å². The Hall–Kier alpha value is -3.31. The van der Waals surface area contributed by atoms with Gasteiger partial charge >= 0.3 is 5.97 Å². The van der Waals surface area contributed by atoms with E-state index in [0.29, 0.717) is 19.0 Å². The van der Waals surface area contributed by atoms with Crippen molar-refractivity contribution in [2.75, 3.05) is 23.7 Å². The van der Waals surface area contributed by atoms with E-state index in [4.69, 9.17) is 23.1 Å². The van der Waals surface area contributed by atoms with Gasteiger partial charge in [0.15, 0.2) is 23.3 Å². The van der Waals surface area contributed by atoms with Crippen molar-refractivity contribution >= 4 is 40.0 Å². The molecule has 3 aromatic rings. The van der Waals surface area contributed by atoms with Crippen molar-refractivity contribution in [3.63, 3.8) is 0 Å². The fourth-order valence-electron chi connectivity index (χ4n) is 3.64. The maximum Gasteiger partial charge on any atom is 0.341 e. The predicted molar refractivity (Wildman–Crippen MR) is 108 cm³/mol. The van der Waals surface area contributed by atoms with E-state index >= 15 is 0 Å². The van der Waals surface area contributed by atoms with Crippen molar-refractivity contribution in [2.24, 2.45) is 5.73 Å². The van der Waals surface area contributed by atoms with Gasteiger partial charge in [0.05, 0.1) is 21.6 Å². The smallest absolute Gasteiger partial charge is 0.341 e. The zero-order chi connectivity index (χ0) is 22.6. The summed E-state index contributed by atoms with van der Waals surface area (Å²) >= 11 is 6.47. The van der Waals surface area contributed by atoms with Gasteiger partial charge in [-0.15, -0.1) is 0 Å². The number of anilines is 2. The average Bonchev–Trinajstić information content (AvgIpc) is 3.11. The first kappa shape index (κ1) is 20.9. The molecule has 0 spiro atoms. The number of benzene rings is 1. The summed E-state index contributed by atoms with van der Waals surface area (Å²) in [5.74, 6) is -6.10. The quantitative estimate of drug-likeness (QED) is 0.555. The Morgan fingerprint density at radius 2 is 1.94 bits per heavy atom. The van der Waals surface area contributed by atoms with Crippen molar-refractivity contribution in [2.45, 2.75) is 12.5 Å². The summed E-state index contributed by atoms with van der Waals surface area (Å²) in [6, 6.07) is 1.06. The third-order valence-electron chi connectivity index (χ3n) is 5.09. The topological polar surface area (TPSA) is 127 Å². The van der Waals surface area contributed by atoms with Crippen LogP contribution in [0.3, 0.4) is 0 Å². The Labute approximate surface area is 177 Å². The van der Waals surface area contributed by atoms with Gasteiger partial charge in [-0.1, -0.05) is 11.6 Å². The van der Waals surface area contributed by atoms with Crippen LogP contribution in [0.2, 0.25) is 5.02 Å². The molecule has 0 radical (unpaired) electrons. The first-order valence-corrected chi connectivity index (χ1v) is 9.41. The SMILES string of the molecule is Nc1nc(-n2cc(C(=O)O)c(=O)c3cc(F)c(N4CC[C@H](N)C4)c(Cl)c32)c(F)cc1F. The van der Waals surface area contributed by atoms with Crippen molar-refractivity contribution in [3.8, 4) is 5.82 Å². The number of carboxylic acid groups (broad SMARTS) is 1. The number of halogens is 4. The number of pyridine rings is 2. The predicted octanol–water partition coefficient (Wildman–Crippen LogP) is 2.27. The molecule has 2 aromatic heterocycles. The fourth-order valence-corrected chi connectivity index (χ4v) is 4.05. The molecular weight excluding hydrogens is 439 g/mol. The largest absolute Gasteiger partial charge is 0.477 e. The summed E-state index contributed by atoms with van der Waals surface area (Å²) in [4.78, 5) is 29.5. The molecule has 12 heteroatoms. The zero-order valence-electron chi connectivity index (χ0n) is 15.7. The van der Waals surface area contributed by atoms with Gasteiger partial charge in [0.2, 0.25) is 5.43 Å². The van der Waals surface area contributed by atoms with Crippen LogP contribution in [-0.4, -0.2) is 39.8 Å². The highest BCUT2D eigenvalue weighted by Gasteiger charge is 2.29. The van der Waals surface area contributed by atoms with Crippen LogP contribution in [0.15, 0.2) is 23.1 Å². The highest BCUT2D eigenvalue weighted by molar-refractivity contribution is 6.38. The van der Waals surface area contributed by atoms with Gasteiger partial charge in [-0.2, -0.15) is 0 Å². The first-order chi connectivity index (χ1) is 14.6. The highest BCUT2D eigenvalue weighted by Crippen LogP contribution is 2.38. The Bertz CT molecular complexity index is 1310. The third kappa shape index (κ3) is 3.35. The molecular formula is C19H15ClF3N5O3. The molecule has 162 valence electrons. The number of hydrogen-bond donors (Lipinski definition) is 3. The fraction of sp³-hybridized carbons (Fsp3) is 0.211. The lowest BCUT2D eigenvalue weighted by atomic mass is 10.1. The lowest BCUT2D eigenvalue weighted by molar-refractivity contribution is 0.0695. The van der Waals surface area contributed by atoms with E-state index in [0.717, 1.165) is 16.8 Å². The van der Waals surface area contributed by atoms with Crippen LogP contribution < -0.4 is 21.8 Å². The van der Waals surface area contributed by atoms with Crippen LogP contribution in [0.4, 0.5) is 24.7 Å². The minimum atomic E-state index is -1.64. The first-order valence-electron chi connectivity index (χ1n) is 9.03. The van der Waals surface area contributed by atoms with Crippen molar-refractivity contribution in [3.05, 3.63) is 56.6 Å². The molecule has 5 N–H and O–H groups in total. The molecule has 0 unspecified atom stereocenters. The van der Waals surface area contributed by atoms with Gasteiger partial charge in [-0.25, -0.2) is 22.9 Å². The average molecular weight is 454 g/mol. The maximum absolute atomic E-state index is 15.0. The van der Waals surface area contributed by atoms with Crippen LogP contribution >= 0.6 is 11.6 Å².